The van der Waals surface area contributed by atoms with Gasteiger partial charge in [-0.05, 0) is 0 Å². The molecule has 0 saturated heterocycles. The second-order valence-electron chi connectivity index (χ2n) is 2.51. The van der Waals surface area contributed by atoms with Gasteiger partial charge in [0.05, 0.1) is 0 Å². The molecule has 0 aliphatic rings. The molecular weight excluding hydrogens is 176 g/mol. The number of nitrogens with zero attached hydrogens (tertiary/aromatic N) is 2. The van der Waals surface area contributed by atoms with Gasteiger partial charge >= 0.3 is 0 Å². The van der Waals surface area contributed by atoms with Crippen molar-refractivity contribution in [1.82, 2.24) is 0 Å². The lowest BCUT2D eigenvalue weighted by Crippen LogP contribution is -1.94. The zero-order valence-electron chi connectivity index (χ0n) is 7.27. The van der Waals surface area contributed by atoms with Crippen LogP contribution < -0.4 is 0 Å². The molecule has 0 aromatic heterocycles. The number of benzene rings is 1. The summed E-state index contributed by atoms with van der Waals surface area (Å²) in [6, 6.07) is 11.8. The highest BCUT2D eigenvalue weighted by atomic mass is 16.1. The molecule has 0 bridgehead atoms. The van der Waals surface area contributed by atoms with Crippen molar-refractivity contribution in [2.75, 3.05) is 0 Å². The Kier molecular flexibility index (Phi) is 3.18. The topological polar surface area (TPSA) is 64.7 Å². The average molecular weight is 182 g/mol. The summed E-state index contributed by atoms with van der Waals surface area (Å²) in [6.45, 7) is 0. The molecule has 0 amide bonds. The van der Waals surface area contributed by atoms with Gasteiger partial charge in [0, 0.05) is 11.6 Å². The minimum Gasteiger partial charge on any atom is -0.289 e. The average Bonchev–Trinajstić information content (AvgIpc) is 2.26. The van der Waals surface area contributed by atoms with E-state index >= 15 is 0 Å². The summed E-state index contributed by atoms with van der Waals surface area (Å²) in [5.41, 5.74) is 0.286. The Labute approximate surface area is 81.5 Å². The predicted octanol–water partition coefficient (Wildman–Crippen LogP) is 1.84. The number of ketones is 1. The molecule has 0 fully saturated rings. The van der Waals surface area contributed by atoms with Crippen molar-refractivity contribution in [2.24, 2.45) is 0 Å². The quantitative estimate of drug-likeness (QED) is 0.398. The number of carbonyl (C=O) groups is 1. The fourth-order valence-electron chi connectivity index (χ4n) is 0.906. The summed E-state index contributed by atoms with van der Waals surface area (Å²) in [6.07, 6.45) is 1.04. The van der Waals surface area contributed by atoms with Crippen LogP contribution in [0, 0.1) is 22.7 Å². The van der Waals surface area contributed by atoms with Crippen LogP contribution in [0.15, 0.2) is 42.0 Å². The van der Waals surface area contributed by atoms with Crippen LogP contribution in [-0.2, 0) is 0 Å². The molecule has 0 N–H and O–H groups in total. The lowest BCUT2D eigenvalue weighted by molar-refractivity contribution is 0.104. The van der Waals surface area contributed by atoms with Crippen molar-refractivity contribution in [3.8, 4) is 12.1 Å². The molecular formula is C11H6N2O. The van der Waals surface area contributed by atoms with Crippen LogP contribution in [0.25, 0.3) is 0 Å². The van der Waals surface area contributed by atoms with E-state index in [-0.39, 0.29) is 11.4 Å². The fourth-order valence-corrected chi connectivity index (χ4v) is 0.906. The van der Waals surface area contributed by atoms with Crippen molar-refractivity contribution in [2.45, 2.75) is 0 Å². The van der Waals surface area contributed by atoms with Crippen LogP contribution in [0.4, 0.5) is 0 Å². The van der Waals surface area contributed by atoms with Crippen LogP contribution in [-0.4, -0.2) is 5.78 Å². The Morgan fingerprint density at radius 3 is 2.21 bits per heavy atom. The molecule has 14 heavy (non-hydrogen) atoms. The molecule has 0 atom stereocenters. The standard InChI is InChI=1S/C11H6N2O/c12-7-9(8-13)6-11(14)10-4-2-1-3-5-10/h1-6H. The molecule has 66 valence electrons. The van der Waals surface area contributed by atoms with E-state index in [2.05, 4.69) is 0 Å². The van der Waals surface area contributed by atoms with Gasteiger partial charge in [0.1, 0.15) is 17.7 Å². The van der Waals surface area contributed by atoms with E-state index < -0.39 is 0 Å². The highest BCUT2D eigenvalue weighted by Crippen LogP contribution is 2.02. The van der Waals surface area contributed by atoms with Crippen molar-refractivity contribution < 1.29 is 4.79 Å². The summed E-state index contributed by atoms with van der Waals surface area (Å²) in [5.74, 6) is -0.330. The SMILES string of the molecule is N#CC(C#N)=CC(=O)c1ccccc1. The van der Waals surface area contributed by atoms with Crippen LogP contribution in [0.5, 0.6) is 0 Å². The van der Waals surface area contributed by atoms with E-state index in [9.17, 15) is 4.79 Å². The van der Waals surface area contributed by atoms with Crippen molar-refractivity contribution >= 4 is 5.78 Å². The summed E-state index contributed by atoms with van der Waals surface area (Å²) >= 11 is 0. The van der Waals surface area contributed by atoms with Gasteiger partial charge in [0.2, 0.25) is 0 Å². The number of allylic oxidation sites excluding steroid dienone is 2. The highest BCUT2D eigenvalue weighted by Gasteiger charge is 2.02. The van der Waals surface area contributed by atoms with E-state index in [0.29, 0.717) is 5.56 Å². The molecule has 3 nitrogen and oxygen atoms in total. The van der Waals surface area contributed by atoms with Crippen LogP contribution >= 0.6 is 0 Å². The Morgan fingerprint density at radius 1 is 1.14 bits per heavy atom. The van der Waals surface area contributed by atoms with Gasteiger partial charge < -0.3 is 0 Å². The number of rotatable bonds is 2. The van der Waals surface area contributed by atoms with E-state index in [1.54, 1.807) is 42.5 Å². The minimum absolute atomic E-state index is 0.182. The molecule has 1 aromatic carbocycles. The first-order valence-corrected chi connectivity index (χ1v) is 3.89. The van der Waals surface area contributed by atoms with Gasteiger partial charge in [0.15, 0.2) is 5.78 Å². The van der Waals surface area contributed by atoms with Gasteiger partial charge in [0.25, 0.3) is 0 Å². The first-order chi connectivity index (χ1) is 6.77. The first kappa shape index (κ1) is 9.70. The maximum atomic E-state index is 11.4. The van der Waals surface area contributed by atoms with E-state index in [1.165, 1.54) is 0 Å². The van der Waals surface area contributed by atoms with Gasteiger partial charge in [-0.2, -0.15) is 10.5 Å². The van der Waals surface area contributed by atoms with Crippen molar-refractivity contribution in [3.63, 3.8) is 0 Å². The lowest BCUT2D eigenvalue weighted by Gasteiger charge is -1.92. The number of hydrogen-bond donors (Lipinski definition) is 0. The Morgan fingerprint density at radius 2 is 1.71 bits per heavy atom. The molecule has 1 aromatic rings. The second-order valence-corrected chi connectivity index (χ2v) is 2.51. The fraction of sp³-hybridized carbons (Fsp3) is 0. The third-order valence-electron chi connectivity index (χ3n) is 1.57. The smallest absolute Gasteiger partial charge is 0.187 e. The third kappa shape index (κ3) is 2.30. The van der Waals surface area contributed by atoms with Gasteiger partial charge in [-0.3, -0.25) is 4.79 Å². The monoisotopic (exact) mass is 182 g/mol. The van der Waals surface area contributed by atoms with E-state index in [4.69, 9.17) is 10.5 Å². The molecule has 0 spiro atoms. The normalized spacial score (nSPS) is 8.14. The second kappa shape index (κ2) is 4.59. The third-order valence-corrected chi connectivity index (χ3v) is 1.57. The van der Waals surface area contributed by atoms with Crippen LogP contribution in [0.1, 0.15) is 10.4 Å². The Hall–Kier alpha value is -2.39. The van der Waals surface area contributed by atoms with Crippen molar-refractivity contribution in [3.05, 3.63) is 47.5 Å². The molecule has 3 heteroatoms. The molecule has 0 aliphatic carbocycles. The van der Waals surface area contributed by atoms with E-state index in [0.717, 1.165) is 6.08 Å². The van der Waals surface area contributed by atoms with E-state index in [1.807, 2.05) is 0 Å². The molecule has 0 aliphatic heterocycles. The highest BCUT2D eigenvalue weighted by molar-refractivity contribution is 6.05. The van der Waals surface area contributed by atoms with Gasteiger partial charge in [-0.1, -0.05) is 30.3 Å². The predicted molar refractivity (Wildman–Crippen MR) is 50.1 cm³/mol. The van der Waals surface area contributed by atoms with Gasteiger partial charge in [-0.25, -0.2) is 0 Å². The number of nitriles is 2. The Balaban J connectivity index is 2.96. The van der Waals surface area contributed by atoms with Crippen LogP contribution in [0.2, 0.25) is 0 Å². The summed E-state index contributed by atoms with van der Waals surface area (Å²) in [7, 11) is 0. The molecule has 1 rings (SSSR count). The number of hydrogen-bond acceptors (Lipinski definition) is 3. The molecule has 0 saturated carbocycles. The zero-order chi connectivity index (χ0) is 10.4. The summed E-state index contributed by atoms with van der Waals surface area (Å²) < 4.78 is 0. The van der Waals surface area contributed by atoms with Crippen LogP contribution in [0.3, 0.4) is 0 Å². The number of carbonyl (C=O) groups excluding carboxylic acids is 1. The van der Waals surface area contributed by atoms with Gasteiger partial charge in [-0.15, -0.1) is 0 Å². The van der Waals surface area contributed by atoms with Crippen molar-refractivity contribution in [1.29, 1.82) is 10.5 Å². The molecule has 0 radical (unpaired) electrons. The zero-order valence-corrected chi connectivity index (χ0v) is 7.27. The lowest BCUT2D eigenvalue weighted by atomic mass is 10.1. The molecule has 0 unspecified atom stereocenters. The maximum absolute atomic E-state index is 11.4. The first-order valence-electron chi connectivity index (χ1n) is 3.89. The molecule has 0 heterocycles. The minimum atomic E-state index is -0.330. The largest absolute Gasteiger partial charge is 0.289 e. The summed E-state index contributed by atoms with van der Waals surface area (Å²) in [5, 5.41) is 16.9. The summed E-state index contributed by atoms with van der Waals surface area (Å²) in [4.78, 5) is 11.4. The maximum Gasteiger partial charge on any atom is 0.187 e. The Bertz CT molecular complexity index is 430.